The number of aliphatic hydroxyl groups is 4. The van der Waals surface area contributed by atoms with Gasteiger partial charge in [0.1, 0.15) is 18.5 Å². The third-order valence-corrected chi connectivity index (χ3v) is 1.90. The summed E-state index contributed by atoms with van der Waals surface area (Å²) in [6.45, 7) is -0.498. The zero-order valence-electron chi connectivity index (χ0n) is 9.18. The fraction of sp³-hybridized carbons (Fsp3) is 1.00. The van der Waals surface area contributed by atoms with Crippen LogP contribution in [0.5, 0.6) is 0 Å². The molecular weight excluding hydrogens is 1300 g/mol. The van der Waals surface area contributed by atoms with Crippen LogP contribution in [0.3, 0.4) is 0 Å². The molecule has 1 aliphatic rings. The summed E-state index contributed by atoms with van der Waals surface area (Å²) in [5, 5.41) is 35.9. The van der Waals surface area contributed by atoms with Gasteiger partial charge in [-0.25, -0.2) is 0 Å². The number of hydrogen-bond donors (Lipinski definition) is 4. The van der Waals surface area contributed by atoms with Gasteiger partial charge < -0.3 is 30.9 Å². The Labute approximate surface area is 279 Å². The molecular formula is C6H12Ac5NO5-. The van der Waals surface area contributed by atoms with Crippen molar-refractivity contribution in [2.24, 2.45) is 0 Å². The van der Waals surface area contributed by atoms with Crippen molar-refractivity contribution in [2.75, 3.05) is 6.61 Å². The van der Waals surface area contributed by atoms with Crippen molar-refractivity contribution in [1.82, 2.24) is 0 Å². The molecule has 0 aromatic rings. The smallest absolute Gasteiger partial charge is 0.141 e. The molecule has 0 aromatic heterocycles. The molecule has 1 saturated heterocycles. The van der Waals surface area contributed by atoms with E-state index in [-0.39, 0.29) is 220 Å². The summed E-state index contributed by atoms with van der Waals surface area (Å²) in [6.07, 6.45) is -5.18. The molecule has 0 amide bonds. The van der Waals surface area contributed by atoms with E-state index in [0.29, 0.717) is 0 Å². The maximum absolute atomic E-state index is 9.16. The van der Waals surface area contributed by atoms with Gasteiger partial charge >= 0.3 is 0 Å². The molecule has 5 N–H and O–H groups in total. The molecule has 0 saturated carbocycles. The van der Waals surface area contributed by atoms with Crippen LogP contribution in [-0.2, 0) is 4.74 Å². The number of aliphatic hydroxyl groups excluding tert-OH is 4. The molecule has 3 unspecified atom stereocenters. The molecule has 0 aliphatic carbocycles. The third-order valence-electron chi connectivity index (χ3n) is 1.90. The molecule has 1 heterocycles. The Hall–Kier alpha value is 6.97. The molecule has 17 heavy (non-hydrogen) atoms. The van der Waals surface area contributed by atoms with Gasteiger partial charge in [0.15, 0.2) is 0 Å². The molecule has 11 heteroatoms. The molecule has 0 aromatic carbocycles. The van der Waals surface area contributed by atoms with Crippen LogP contribution in [0.25, 0.3) is 5.73 Å². The predicted molar refractivity (Wildman–Crippen MR) is 38.1 cm³/mol. The first-order valence-corrected chi connectivity index (χ1v) is 3.59. The molecule has 1 rings (SSSR count). The Balaban J connectivity index is -0.0000000960. The second-order valence-corrected chi connectivity index (χ2v) is 2.75. The quantitative estimate of drug-likeness (QED) is 0.240. The standard InChI is InChI=1S/C6H12NO5.5Ac/c7-3-5(10)4(9)2(1-8)12-6(3)11;;;;;/h2-11H,1H2;;;;;/q-1;;;;;/t2?,3?,4-,5?,6+;;;;;/m0...../s1. The van der Waals surface area contributed by atoms with E-state index < -0.39 is 37.3 Å². The van der Waals surface area contributed by atoms with Crippen molar-refractivity contribution in [2.45, 2.75) is 30.6 Å². The second kappa shape index (κ2) is 19.3. The van der Waals surface area contributed by atoms with Crippen LogP contribution in [0.2, 0.25) is 0 Å². The summed E-state index contributed by atoms with van der Waals surface area (Å²) in [6, 6.07) is -1.29. The first-order chi connectivity index (χ1) is 5.57. The minimum absolute atomic E-state index is 0. The van der Waals surface area contributed by atoms with E-state index in [0.717, 1.165) is 0 Å². The molecule has 5 radical (unpaired) electrons. The third kappa shape index (κ3) is 12.0. The minimum atomic E-state index is -1.46. The van der Waals surface area contributed by atoms with Gasteiger partial charge in [-0.15, -0.1) is 0 Å². The fourth-order valence-corrected chi connectivity index (χ4v) is 1.10. The summed E-state index contributed by atoms with van der Waals surface area (Å²) in [4.78, 5) is 0. The number of ether oxygens (including phenoxy) is 1. The number of hydrogen-bond acceptors (Lipinski definition) is 5. The van der Waals surface area contributed by atoms with Crippen molar-refractivity contribution in [3.63, 3.8) is 0 Å². The van der Waals surface area contributed by atoms with Crippen molar-refractivity contribution >= 4 is 0 Å². The van der Waals surface area contributed by atoms with Crippen LogP contribution in [0.4, 0.5) is 0 Å². The van der Waals surface area contributed by atoms with Crippen LogP contribution in [0.15, 0.2) is 0 Å². The summed E-state index contributed by atoms with van der Waals surface area (Å²) in [7, 11) is 0. The first kappa shape index (κ1) is 35.1. The molecule has 1 fully saturated rings. The van der Waals surface area contributed by atoms with E-state index in [4.69, 9.17) is 26.2 Å². The summed E-state index contributed by atoms with van der Waals surface area (Å²) < 4.78 is 4.64. The van der Waals surface area contributed by atoms with E-state index >= 15 is 0 Å². The Morgan fingerprint density at radius 3 is 1.65 bits per heavy atom. The average molecular weight is 1310 g/mol. The topological polar surface area (TPSA) is 114 Å². The van der Waals surface area contributed by atoms with E-state index in [2.05, 4.69) is 4.74 Å². The summed E-state index contributed by atoms with van der Waals surface area (Å²) in [5.41, 5.74) is 7.11. The van der Waals surface area contributed by atoms with Crippen LogP contribution in [0, 0.1) is 220 Å². The maximum atomic E-state index is 9.16. The Bertz CT molecular complexity index is 165. The molecule has 87 valence electrons. The van der Waals surface area contributed by atoms with Gasteiger partial charge in [-0.3, -0.25) is 0 Å². The van der Waals surface area contributed by atoms with Crippen LogP contribution >= 0.6 is 0 Å². The zero-order chi connectivity index (χ0) is 9.30. The van der Waals surface area contributed by atoms with Crippen molar-refractivity contribution < 1.29 is 245 Å². The SMILES string of the molecule is [Ac].[Ac].[Ac].[Ac].[Ac].[NH-]C1C(O)[C@@H](O)C(CO)O[C@H]1O. The summed E-state index contributed by atoms with van der Waals surface area (Å²) >= 11 is 0. The monoisotopic (exact) mass is 1310 g/mol. The fourth-order valence-electron chi connectivity index (χ4n) is 1.10. The molecule has 0 spiro atoms. The van der Waals surface area contributed by atoms with Crippen molar-refractivity contribution in [3.05, 3.63) is 5.73 Å². The van der Waals surface area contributed by atoms with Crippen LogP contribution in [-0.4, -0.2) is 57.7 Å². The van der Waals surface area contributed by atoms with Crippen LogP contribution in [0.1, 0.15) is 0 Å². The van der Waals surface area contributed by atoms with Gasteiger partial charge in [-0.2, -0.15) is 0 Å². The maximum Gasteiger partial charge on any atom is 0.141 e. The Kier molecular flexibility index (Phi) is 39.9. The van der Waals surface area contributed by atoms with Gasteiger partial charge in [-0.05, 0) is 0 Å². The predicted octanol–water partition coefficient (Wildman–Crippen LogP) is -2.16. The Morgan fingerprint density at radius 2 is 1.29 bits per heavy atom. The van der Waals surface area contributed by atoms with Gasteiger partial charge in [-0.1, -0.05) is 6.04 Å². The molecule has 5 atom stereocenters. The van der Waals surface area contributed by atoms with E-state index in [9.17, 15) is 0 Å². The van der Waals surface area contributed by atoms with Crippen LogP contribution < -0.4 is 0 Å². The zero-order valence-corrected chi connectivity index (χ0v) is 32.9. The van der Waals surface area contributed by atoms with E-state index in [1.54, 1.807) is 0 Å². The average Bonchev–Trinajstić information content (AvgIpc) is 2.08. The van der Waals surface area contributed by atoms with Crippen molar-refractivity contribution in [3.8, 4) is 0 Å². The van der Waals surface area contributed by atoms with E-state index in [1.807, 2.05) is 0 Å². The molecule has 0 bridgehead atoms. The van der Waals surface area contributed by atoms with Gasteiger partial charge in [0.05, 0.1) is 12.7 Å². The van der Waals surface area contributed by atoms with Gasteiger partial charge in [0.25, 0.3) is 0 Å². The normalized spacial score (nSPS) is 34.8. The number of rotatable bonds is 1. The second-order valence-electron chi connectivity index (χ2n) is 2.75. The largest absolute Gasteiger partial charge is 0.668 e. The van der Waals surface area contributed by atoms with E-state index in [1.165, 1.54) is 0 Å². The summed E-state index contributed by atoms with van der Waals surface area (Å²) in [5.74, 6) is 0. The minimum Gasteiger partial charge on any atom is -0.668 e. The van der Waals surface area contributed by atoms with Crippen molar-refractivity contribution in [1.29, 1.82) is 0 Å². The van der Waals surface area contributed by atoms with Gasteiger partial charge in [0.2, 0.25) is 0 Å². The molecule has 6 nitrogen and oxygen atoms in total. The van der Waals surface area contributed by atoms with Gasteiger partial charge in [0, 0.05) is 220 Å². The number of nitrogens with one attached hydrogen (secondary N) is 1. The first-order valence-electron chi connectivity index (χ1n) is 3.59. The molecule has 1 aliphatic heterocycles. The Morgan fingerprint density at radius 1 is 0.882 bits per heavy atom.